The molecular formula is C16H32N4. The molecule has 2 aliphatic heterocycles. The Bertz CT molecular complexity index is 326. The van der Waals surface area contributed by atoms with Crippen LogP contribution in [0.4, 0.5) is 0 Å². The van der Waals surface area contributed by atoms with Gasteiger partial charge in [0.1, 0.15) is 0 Å². The van der Waals surface area contributed by atoms with Crippen molar-refractivity contribution in [1.82, 2.24) is 9.80 Å². The number of likely N-dealkylation sites (tertiary alicyclic amines) is 2. The van der Waals surface area contributed by atoms with Crippen LogP contribution in [-0.4, -0.2) is 54.5 Å². The molecule has 4 nitrogen and oxygen atoms in total. The molecule has 116 valence electrons. The maximum absolute atomic E-state index is 6.18. The first-order chi connectivity index (χ1) is 9.56. The van der Waals surface area contributed by atoms with Crippen LogP contribution in [0, 0.1) is 11.8 Å². The van der Waals surface area contributed by atoms with Crippen LogP contribution in [0.3, 0.4) is 0 Å². The SMILES string of the molecule is CC1CCCN(C(N)=NCC2CCCN(C(C)C)C2)C1. The Balaban J connectivity index is 1.81. The summed E-state index contributed by atoms with van der Waals surface area (Å²) in [5.41, 5.74) is 6.18. The second kappa shape index (κ2) is 7.30. The van der Waals surface area contributed by atoms with Crippen molar-refractivity contribution in [2.24, 2.45) is 22.6 Å². The topological polar surface area (TPSA) is 44.9 Å². The fourth-order valence-corrected chi connectivity index (χ4v) is 3.44. The van der Waals surface area contributed by atoms with E-state index in [0.29, 0.717) is 12.0 Å². The van der Waals surface area contributed by atoms with Gasteiger partial charge in [0.15, 0.2) is 5.96 Å². The molecule has 0 aromatic heterocycles. The van der Waals surface area contributed by atoms with E-state index in [1.807, 2.05) is 0 Å². The van der Waals surface area contributed by atoms with Crippen LogP contribution in [0.1, 0.15) is 46.5 Å². The molecule has 2 rings (SSSR count). The first kappa shape index (κ1) is 15.6. The number of piperidine rings is 2. The lowest BCUT2D eigenvalue weighted by molar-refractivity contribution is 0.143. The van der Waals surface area contributed by atoms with Crippen LogP contribution in [-0.2, 0) is 0 Å². The van der Waals surface area contributed by atoms with Gasteiger partial charge in [0, 0.05) is 32.2 Å². The molecule has 2 N–H and O–H groups in total. The van der Waals surface area contributed by atoms with E-state index in [1.54, 1.807) is 0 Å². The van der Waals surface area contributed by atoms with Gasteiger partial charge in [-0.05, 0) is 57.9 Å². The number of hydrogen-bond acceptors (Lipinski definition) is 2. The third kappa shape index (κ3) is 4.37. The molecule has 4 heteroatoms. The fraction of sp³-hybridized carbons (Fsp3) is 0.938. The smallest absolute Gasteiger partial charge is 0.191 e. The van der Waals surface area contributed by atoms with E-state index in [-0.39, 0.29) is 0 Å². The van der Waals surface area contributed by atoms with Gasteiger partial charge in [0.2, 0.25) is 0 Å². The zero-order chi connectivity index (χ0) is 14.5. The van der Waals surface area contributed by atoms with Crippen LogP contribution in [0.15, 0.2) is 4.99 Å². The summed E-state index contributed by atoms with van der Waals surface area (Å²) in [6.07, 6.45) is 5.19. The molecular weight excluding hydrogens is 248 g/mol. The Morgan fingerprint density at radius 3 is 2.65 bits per heavy atom. The molecule has 0 saturated carbocycles. The van der Waals surface area contributed by atoms with Gasteiger partial charge in [-0.3, -0.25) is 4.99 Å². The Morgan fingerprint density at radius 1 is 1.20 bits per heavy atom. The molecule has 2 unspecified atom stereocenters. The highest BCUT2D eigenvalue weighted by Crippen LogP contribution is 2.19. The van der Waals surface area contributed by atoms with Crippen LogP contribution in [0.2, 0.25) is 0 Å². The van der Waals surface area contributed by atoms with E-state index in [2.05, 4.69) is 30.6 Å². The molecule has 0 aromatic rings. The van der Waals surface area contributed by atoms with Gasteiger partial charge in [0.25, 0.3) is 0 Å². The minimum atomic E-state index is 0.655. The second-order valence-corrected chi connectivity index (χ2v) is 6.99. The zero-order valence-electron chi connectivity index (χ0n) is 13.5. The molecule has 2 fully saturated rings. The summed E-state index contributed by atoms with van der Waals surface area (Å²) in [7, 11) is 0. The van der Waals surface area contributed by atoms with E-state index in [0.717, 1.165) is 31.5 Å². The summed E-state index contributed by atoms with van der Waals surface area (Å²) in [6, 6.07) is 0.655. The first-order valence-electron chi connectivity index (χ1n) is 8.35. The fourth-order valence-electron chi connectivity index (χ4n) is 3.44. The standard InChI is InChI=1S/C16H32N4/c1-13(2)19-8-5-7-15(12-19)10-18-16(17)20-9-4-6-14(3)11-20/h13-15H,4-12H2,1-3H3,(H2,17,18). The number of aliphatic imine (C=N–C) groups is 1. The first-order valence-corrected chi connectivity index (χ1v) is 8.35. The average molecular weight is 280 g/mol. The van der Waals surface area contributed by atoms with Crippen LogP contribution in [0.25, 0.3) is 0 Å². The highest BCUT2D eigenvalue weighted by atomic mass is 15.3. The predicted octanol–water partition coefficient (Wildman–Crippen LogP) is 2.15. The maximum Gasteiger partial charge on any atom is 0.191 e. The molecule has 0 radical (unpaired) electrons. The van der Waals surface area contributed by atoms with Gasteiger partial charge in [-0.25, -0.2) is 0 Å². The van der Waals surface area contributed by atoms with Crippen molar-refractivity contribution in [2.75, 3.05) is 32.7 Å². The molecule has 2 atom stereocenters. The normalized spacial score (nSPS) is 30.0. The Labute approximate surface area is 124 Å². The molecule has 0 aromatic carbocycles. The number of hydrogen-bond donors (Lipinski definition) is 1. The lowest BCUT2D eigenvalue weighted by Crippen LogP contribution is -2.44. The monoisotopic (exact) mass is 280 g/mol. The quantitative estimate of drug-likeness (QED) is 0.636. The van der Waals surface area contributed by atoms with Crippen molar-refractivity contribution < 1.29 is 0 Å². The van der Waals surface area contributed by atoms with Gasteiger partial charge in [-0.1, -0.05) is 6.92 Å². The largest absolute Gasteiger partial charge is 0.370 e. The molecule has 0 bridgehead atoms. The molecule has 20 heavy (non-hydrogen) atoms. The van der Waals surface area contributed by atoms with Gasteiger partial charge in [-0.15, -0.1) is 0 Å². The van der Waals surface area contributed by atoms with Gasteiger partial charge in [0.05, 0.1) is 0 Å². The van der Waals surface area contributed by atoms with Crippen LogP contribution >= 0.6 is 0 Å². The summed E-state index contributed by atoms with van der Waals surface area (Å²) in [6.45, 7) is 12.4. The minimum Gasteiger partial charge on any atom is -0.370 e. The molecule has 2 aliphatic rings. The Hall–Kier alpha value is -0.770. The van der Waals surface area contributed by atoms with E-state index in [1.165, 1.54) is 38.8 Å². The van der Waals surface area contributed by atoms with Crippen LogP contribution < -0.4 is 5.73 Å². The van der Waals surface area contributed by atoms with Gasteiger partial charge in [-0.2, -0.15) is 0 Å². The summed E-state index contributed by atoms with van der Waals surface area (Å²) >= 11 is 0. The molecule has 0 spiro atoms. The molecule has 0 aliphatic carbocycles. The van der Waals surface area contributed by atoms with Crippen molar-refractivity contribution in [2.45, 2.75) is 52.5 Å². The zero-order valence-corrected chi connectivity index (χ0v) is 13.5. The van der Waals surface area contributed by atoms with Crippen molar-refractivity contribution >= 4 is 5.96 Å². The van der Waals surface area contributed by atoms with E-state index in [4.69, 9.17) is 10.7 Å². The number of nitrogens with two attached hydrogens (primary N) is 1. The summed E-state index contributed by atoms with van der Waals surface area (Å²) in [5, 5.41) is 0. The van der Waals surface area contributed by atoms with E-state index >= 15 is 0 Å². The summed E-state index contributed by atoms with van der Waals surface area (Å²) < 4.78 is 0. The third-order valence-corrected chi connectivity index (χ3v) is 4.77. The maximum atomic E-state index is 6.18. The number of guanidine groups is 1. The summed E-state index contributed by atoms with van der Waals surface area (Å²) in [4.78, 5) is 9.54. The highest BCUT2D eigenvalue weighted by molar-refractivity contribution is 5.78. The van der Waals surface area contributed by atoms with Crippen LogP contribution in [0.5, 0.6) is 0 Å². The highest BCUT2D eigenvalue weighted by Gasteiger charge is 2.22. The molecule has 2 heterocycles. The number of nitrogens with zero attached hydrogens (tertiary/aromatic N) is 3. The molecule has 2 saturated heterocycles. The van der Waals surface area contributed by atoms with E-state index < -0.39 is 0 Å². The van der Waals surface area contributed by atoms with Crippen molar-refractivity contribution in [3.63, 3.8) is 0 Å². The lowest BCUT2D eigenvalue weighted by atomic mass is 9.97. The lowest BCUT2D eigenvalue weighted by Gasteiger charge is -2.35. The third-order valence-electron chi connectivity index (χ3n) is 4.77. The van der Waals surface area contributed by atoms with Gasteiger partial charge < -0.3 is 15.5 Å². The van der Waals surface area contributed by atoms with Crippen molar-refractivity contribution in [3.05, 3.63) is 0 Å². The predicted molar refractivity (Wildman–Crippen MR) is 85.9 cm³/mol. The second-order valence-electron chi connectivity index (χ2n) is 6.99. The summed E-state index contributed by atoms with van der Waals surface area (Å²) in [5.74, 6) is 2.22. The Kier molecular flexibility index (Phi) is 5.70. The van der Waals surface area contributed by atoms with Crippen molar-refractivity contribution in [3.8, 4) is 0 Å². The molecule has 0 amide bonds. The Morgan fingerprint density at radius 2 is 1.95 bits per heavy atom. The van der Waals surface area contributed by atoms with Gasteiger partial charge >= 0.3 is 0 Å². The number of rotatable bonds is 3. The average Bonchev–Trinajstić information content (AvgIpc) is 2.45. The minimum absolute atomic E-state index is 0.655. The van der Waals surface area contributed by atoms with E-state index in [9.17, 15) is 0 Å². The van der Waals surface area contributed by atoms with Crippen molar-refractivity contribution in [1.29, 1.82) is 0 Å².